The van der Waals surface area contributed by atoms with E-state index in [4.69, 9.17) is 4.74 Å². The lowest BCUT2D eigenvalue weighted by Crippen LogP contribution is -2.41. The van der Waals surface area contributed by atoms with Crippen molar-refractivity contribution in [2.75, 3.05) is 31.6 Å². The van der Waals surface area contributed by atoms with Crippen molar-refractivity contribution >= 4 is 27.8 Å². The maximum atomic E-state index is 12.0. The first-order valence-electron chi connectivity index (χ1n) is 8.05. The van der Waals surface area contributed by atoms with Gasteiger partial charge in [0.2, 0.25) is 0 Å². The fourth-order valence-electron chi connectivity index (χ4n) is 2.70. The number of halogens is 1. The van der Waals surface area contributed by atoms with Crippen molar-refractivity contribution in [3.8, 4) is 0 Å². The van der Waals surface area contributed by atoms with Gasteiger partial charge >= 0.3 is 6.09 Å². The molecule has 0 N–H and O–H groups in total. The maximum Gasteiger partial charge on any atom is 0.410 e. The van der Waals surface area contributed by atoms with E-state index in [1.165, 1.54) is 0 Å². The van der Waals surface area contributed by atoms with Crippen LogP contribution in [-0.2, 0) is 4.74 Å². The van der Waals surface area contributed by atoms with Crippen LogP contribution in [0.3, 0.4) is 0 Å². The molecule has 2 heterocycles. The number of hydrogen-bond donors (Lipinski definition) is 0. The van der Waals surface area contributed by atoms with Crippen LogP contribution in [0.15, 0.2) is 22.8 Å². The van der Waals surface area contributed by atoms with Crippen LogP contribution < -0.4 is 4.90 Å². The van der Waals surface area contributed by atoms with Crippen LogP contribution >= 0.6 is 15.9 Å². The number of aromatic nitrogens is 1. The first kappa shape index (κ1) is 18.0. The molecule has 1 saturated heterocycles. The van der Waals surface area contributed by atoms with Crippen molar-refractivity contribution < 1.29 is 9.53 Å². The quantitative estimate of drug-likeness (QED) is 0.792. The fraction of sp³-hybridized carbons (Fsp3) is 0.647. The molecule has 0 unspecified atom stereocenters. The molecule has 1 aliphatic heterocycles. The number of carbonyl (C=O) groups excluding carboxylic acids is 1. The fourth-order valence-corrected chi connectivity index (χ4v) is 2.94. The van der Waals surface area contributed by atoms with Gasteiger partial charge in [-0.15, -0.1) is 0 Å². The predicted molar refractivity (Wildman–Crippen MR) is 95.7 cm³/mol. The minimum Gasteiger partial charge on any atom is -0.444 e. The van der Waals surface area contributed by atoms with Gasteiger partial charge in [-0.05, 0) is 67.6 Å². The van der Waals surface area contributed by atoms with E-state index in [0.717, 1.165) is 42.8 Å². The molecule has 0 radical (unpaired) electrons. The molecule has 0 saturated carbocycles. The van der Waals surface area contributed by atoms with Crippen LogP contribution in [0.25, 0.3) is 0 Å². The topological polar surface area (TPSA) is 45.7 Å². The third-order valence-electron chi connectivity index (χ3n) is 3.89. The van der Waals surface area contributed by atoms with Gasteiger partial charge in [0.05, 0.1) is 0 Å². The van der Waals surface area contributed by atoms with Gasteiger partial charge in [0.1, 0.15) is 11.4 Å². The van der Waals surface area contributed by atoms with Crippen LogP contribution in [-0.4, -0.2) is 48.3 Å². The lowest BCUT2D eigenvalue weighted by atomic mass is 9.96. The average molecular weight is 384 g/mol. The van der Waals surface area contributed by atoms with Crippen LogP contribution in [0, 0.1) is 5.92 Å². The molecular weight excluding hydrogens is 358 g/mol. The number of pyridine rings is 1. The molecule has 1 aromatic rings. The normalized spacial score (nSPS) is 16.3. The van der Waals surface area contributed by atoms with E-state index in [2.05, 4.69) is 25.8 Å². The molecule has 23 heavy (non-hydrogen) atoms. The molecule has 0 spiro atoms. The molecule has 1 amide bonds. The number of carbonyl (C=O) groups is 1. The predicted octanol–water partition coefficient (Wildman–Crippen LogP) is 3.93. The summed E-state index contributed by atoms with van der Waals surface area (Å²) in [6, 6.07) is 4.06. The molecule has 0 atom stereocenters. The van der Waals surface area contributed by atoms with Crippen LogP contribution in [0.4, 0.5) is 10.6 Å². The van der Waals surface area contributed by atoms with Gasteiger partial charge in [0.25, 0.3) is 0 Å². The van der Waals surface area contributed by atoms with Gasteiger partial charge in [0.15, 0.2) is 0 Å². The van der Waals surface area contributed by atoms with Crippen LogP contribution in [0.5, 0.6) is 0 Å². The molecule has 0 aromatic carbocycles. The first-order valence-corrected chi connectivity index (χ1v) is 8.84. The maximum absolute atomic E-state index is 12.0. The molecule has 1 aromatic heterocycles. The summed E-state index contributed by atoms with van der Waals surface area (Å²) in [5, 5.41) is 0. The van der Waals surface area contributed by atoms with Gasteiger partial charge in [0, 0.05) is 37.4 Å². The Hall–Kier alpha value is -1.30. The largest absolute Gasteiger partial charge is 0.444 e. The highest BCUT2D eigenvalue weighted by Gasteiger charge is 2.25. The molecule has 2 rings (SSSR count). The Labute approximate surface area is 147 Å². The summed E-state index contributed by atoms with van der Waals surface area (Å²) in [4.78, 5) is 20.5. The summed E-state index contributed by atoms with van der Waals surface area (Å²) in [6.45, 7) is 8.37. The monoisotopic (exact) mass is 383 g/mol. The second kappa shape index (κ2) is 7.51. The third kappa shape index (κ3) is 5.68. The number of amides is 1. The minimum absolute atomic E-state index is 0.241. The van der Waals surface area contributed by atoms with Gasteiger partial charge in [-0.1, -0.05) is 0 Å². The molecule has 128 valence electrons. The molecule has 0 aliphatic carbocycles. The summed E-state index contributed by atoms with van der Waals surface area (Å²) >= 11 is 3.41. The van der Waals surface area contributed by atoms with E-state index in [9.17, 15) is 4.79 Å². The Kier molecular flexibility index (Phi) is 5.89. The Morgan fingerprint density at radius 2 is 2.04 bits per heavy atom. The molecular formula is C17H26BrN3O2. The number of hydrogen-bond acceptors (Lipinski definition) is 4. The van der Waals surface area contributed by atoms with E-state index < -0.39 is 5.60 Å². The van der Waals surface area contributed by atoms with Crippen molar-refractivity contribution in [1.82, 2.24) is 9.88 Å². The number of anilines is 1. The highest BCUT2D eigenvalue weighted by Crippen LogP contribution is 2.23. The van der Waals surface area contributed by atoms with Crippen molar-refractivity contribution in [1.29, 1.82) is 0 Å². The van der Waals surface area contributed by atoms with Crippen molar-refractivity contribution in [2.24, 2.45) is 5.92 Å². The van der Waals surface area contributed by atoms with Gasteiger partial charge in [-0.25, -0.2) is 9.78 Å². The number of ether oxygens (including phenoxy) is 1. The summed E-state index contributed by atoms with van der Waals surface area (Å²) in [5.74, 6) is 1.53. The van der Waals surface area contributed by atoms with E-state index in [0.29, 0.717) is 5.92 Å². The zero-order valence-corrected chi connectivity index (χ0v) is 16.0. The Morgan fingerprint density at radius 3 is 2.57 bits per heavy atom. The Morgan fingerprint density at radius 1 is 1.39 bits per heavy atom. The smallest absolute Gasteiger partial charge is 0.410 e. The molecule has 6 heteroatoms. The lowest BCUT2D eigenvalue weighted by molar-refractivity contribution is 0.0266. The van der Waals surface area contributed by atoms with Crippen molar-refractivity contribution in [3.05, 3.63) is 22.8 Å². The Bertz CT molecular complexity index is 520. The first-order chi connectivity index (χ1) is 10.7. The zero-order valence-electron chi connectivity index (χ0n) is 14.4. The number of rotatable bonds is 3. The number of nitrogens with zero attached hydrogens (tertiary/aromatic N) is 3. The van der Waals surface area contributed by atoms with E-state index in [-0.39, 0.29) is 6.09 Å². The van der Waals surface area contributed by atoms with Gasteiger partial charge in [-0.3, -0.25) is 0 Å². The third-order valence-corrected chi connectivity index (χ3v) is 4.36. The standard InChI is InChI=1S/C17H26BrN3O2/c1-17(2,3)23-16(22)20(4)12-13-7-9-21(10-8-13)15-6-5-14(18)11-19-15/h5-6,11,13H,7-10,12H2,1-4H3. The van der Waals surface area contributed by atoms with Crippen molar-refractivity contribution in [3.63, 3.8) is 0 Å². The summed E-state index contributed by atoms with van der Waals surface area (Å²) in [7, 11) is 1.82. The molecule has 0 bridgehead atoms. The highest BCUT2D eigenvalue weighted by molar-refractivity contribution is 9.10. The number of piperidine rings is 1. The van der Waals surface area contributed by atoms with Crippen LogP contribution in [0.2, 0.25) is 0 Å². The summed E-state index contributed by atoms with van der Waals surface area (Å²) in [5.41, 5.74) is -0.442. The van der Waals surface area contributed by atoms with E-state index >= 15 is 0 Å². The molecule has 5 nitrogen and oxygen atoms in total. The summed E-state index contributed by atoms with van der Waals surface area (Å²) in [6.07, 6.45) is 3.71. The van der Waals surface area contributed by atoms with Gasteiger partial charge < -0.3 is 14.5 Å². The SMILES string of the molecule is CN(CC1CCN(c2ccc(Br)cn2)CC1)C(=O)OC(C)(C)C. The molecule has 1 aliphatic rings. The zero-order chi connectivity index (χ0) is 17.0. The van der Waals surface area contributed by atoms with Crippen molar-refractivity contribution in [2.45, 2.75) is 39.2 Å². The van der Waals surface area contributed by atoms with Crippen LogP contribution in [0.1, 0.15) is 33.6 Å². The second-order valence-electron chi connectivity index (χ2n) is 7.13. The Balaban J connectivity index is 1.80. The average Bonchev–Trinajstić information content (AvgIpc) is 2.47. The second-order valence-corrected chi connectivity index (χ2v) is 8.04. The van der Waals surface area contributed by atoms with Gasteiger partial charge in [-0.2, -0.15) is 0 Å². The molecule has 1 fully saturated rings. The highest BCUT2D eigenvalue weighted by atomic mass is 79.9. The summed E-state index contributed by atoms with van der Waals surface area (Å²) < 4.78 is 6.40. The van der Waals surface area contributed by atoms with E-state index in [1.54, 1.807) is 4.90 Å². The lowest BCUT2D eigenvalue weighted by Gasteiger charge is -2.35. The minimum atomic E-state index is -0.442. The van der Waals surface area contributed by atoms with E-state index in [1.807, 2.05) is 46.1 Å².